The van der Waals surface area contributed by atoms with E-state index in [0.29, 0.717) is 5.41 Å². The number of rotatable bonds is 1. The summed E-state index contributed by atoms with van der Waals surface area (Å²) in [5.74, 6) is 0.991. The highest BCUT2D eigenvalue weighted by molar-refractivity contribution is 5.00. The van der Waals surface area contributed by atoms with Gasteiger partial charge in [0.1, 0.15) is 0 Å². The zero-order valence-corrected chi connectivity index (χ0v) is 11.0. The second kappa shape index (κ2) is 3.76. The summed E-state index contributed by atoms with van der Waals surface area (Å²) in [4.78, 5) is 2.61. The van der Waals surface area contributed by atoms with Crippen LogP contribution in [0.25, 0.3) is 0 Å². The third-order valence-electron chi connectivity index (χ3n) is 4.95. The number of hydrogen-bond donors (Lipinski definition) is 0. The second-order valence-electron chi connectivity index (χ2n) is 6.91. The molecule has 1 saturated carbocycles. The monoisotopic (exact) mass is 209 g/mol. The quantitative estimate of drug-likeness (QED) is 0.638. The van der Waals surface area contributed by atoms with Crippen LogP contribution >= 0.6 is 0 Å². The Hall–Kier alpha value is -0.0400. The van der Waals surface area contributed by atoms with Crippen molar-refractivity contribution >= 4 is 0 Å². The minimum Gasteiger partial charge on any atom is -0.304 e. The van der Waals surface area contributed by atoms with Gasteiger partial charge in [-0.15, -0.1) is 0 Å². The zero-order chi connectivity index (χ0) is 11.1. The summed E-state index contributed by atoms with van der Waals surface area (Å²) in [5.41, 5.74) is 1.32. The van der Waals surface area contributed by atoms with Gasteiger partial charge < -0.3 is 4.90 Å². The van der Waals surface area contributed by atoms with Crippen LogP contribution in [0.4, 0.5) is 0 Å². The lowest BCUT2D eigenvalue weighted by atomic mass is 9.52. The molecule has 15 heavy (non-hydrogen) atoms. The molecule has 0 unspecified atom stereocenters. The summed E-state index contributed by atoms with van der Waals surface area (Å²) in [7, 11) is 0. The van der Waals surface area contributed by atoms with Crippen LogP contribution in [0.1, 0.15) is 53.4 Å². The Morgan fingerprint density at radius 3 is 2.07 bits per heavy atom. The molecule has 2 fully saturated rings. The molecule has 2 aliphatic rings. The largest absolute Gasteiger partial charge is 0.304 e. The van der Waals surface area contributed by atoms with Crippen LogP contribution in [-0.2, 0) is 0 Å². The molecule has 1 heteroatoms. The molecule has 0 aromatic heterocycles. The third kappa shape index (κ3) is 2.22. The standard InChI is InChI=1S/C14H27N/c1-5-15-8-6-14(7-9-15)10-12(11-14)13(2,3)4/h12H,5-11H2,1-4H3. The molecule has 0 aromatic carbocycles. The van der Waals surface area contributed by atoms with Crippen molar-refractivity contribution in [3.63, 3.8) is 0 Å². The van der Waals surface area contributed by atoms with Gasteiger partial charge >= 0.3 is 0 Å². The molecule has 0 amide bonds. The molecule has 1 nitrogen and oxygen atoms in total. The smallest absolute Gasteiger partial charge is 0.00135 e. The van der Waals surface area contributed by atoms with Crippen molar-refractivity contribution < 1.29 is 0 Å². The van der Waals surface area contributed by atoms with E-state index in [0.717, 1.165) is 11.3 Å². The summed E-state index contributed by atoms with van der Waals surface area (Å²) in [6.45, 7) is 13.5. The average molecular weight is 209 g/mol. The Kier molecular flexibility index (Phi) is 2.87. The van der Waals surface area contributed by atoms with E-state index in [1.807, 2.05) is 0 Å². The first-order valence-electron chi connectivity index (χ1n) is 6.68. The van der Waals surface area contributed by atoms with E-state index in [2.05, 4.69) is 32.6 Å². The highest BCUT2D eigenvalue weighted by Gasteiger charge is 2.48. The van der Waals surface area contributed by atoms with E-state index in [1.165, 1.54) is 45.3 Å². The van der Waals surface area contributed by atoms with Crippen LogP contribution in [-0.4, -0.2) is 24.5 Å². The van der Waals surface area contributed by atoms with E-state index in [1.54, 1.807) is 0 Å². The maximum Gasteiger partial charge on any atom is -0.00135 e. The van der Waals surface area contributed by atoms with Crippen molar-refractivity contribution in [1.82, 2.24) is 4.90 Å². The highest BCUT2D eigenvalue weighted by atomic mass is 15.1. The molecule has 0 radical (unpaired) electrons. The molecule has 0 aromatic rings. The number of likely N-dealkylation sites (tertiary alicyclic amines) is 1. The fraction of sp³-hybridized carbons (Fsp3) is 1.00. The van der Waals surface area contributed by atoms with Crippen molar-refractivity contribution in [2.24, 2.45) is 16.7 Å². The van der Waals surface area contributed by atoms with E-state index in [-0.39, 0.29) is 0 Å². The van der Waals surface area contributed by atoms with Gasteiger partial charge in [-0.2, -0.15) is 0 Å². The molecule has 1 heterocycles. The predicted octanol–water partition coefficient (Wildman–Crippen LogP) is 3.54. The van der Waals surface area contributed by atoms with Gasteiger partial charge in [-0.1, -0.05) is 27.7 Å². The Labute approximate surface area is 95.2 Å². The number of nitrogens with zero attached hydrogens (tertiary/aromatic N) is 1. The molecule has 2 rings (SSSR count). The third-order valence-corrected chi connectivity index (χ3v) is 4.95. The molecule has 1 spiro atoms. The second-order valence-corrected chi connectivity index (χ2v) is 6.91. The van der Waals surface area contributed by atoms with Crippen molar-refractivity contribution in [2.45, 2.75) is 53.4 Å². The summed E-state index contributed by atoms with van der Waals surface area (Å²) in [6, 6.07) is 0. The molecular weight excluding hydrogens is 182 g/mol. The van der Waals surface area contributed by atoms with Crippen LogP contribution in [0.3, 0.4) is 0 Å². The van der Waals surface area contributed by atoms with Gasteiger partial charge in [-0.05, 0) is 62.1 Å². The highest BCUT2D eigenvalue weighted by Crippen LogP contribution is 2.57. The topological polar surface area (TPSA) is 3.24 Å². The zero-order valence-electron chi connectivity index (χ0n) is 11.0. The predicted molar refractivity (Wildman–Crippen MR) is 66.0 cm³/mol. The maximum absolute atomic E-state index is 2.61. The van der Waals surface area contributed by atoms with Gasteiger partial charge in [0, 0.05) is 0 Å². The van der Waals surface area contributed by atoms with Gasteiger partial charge in [-0.25, -0.2) is 0 Å². The lowest BCUT2D eigenvalue weighted by molar-refractivity contribution is -0.0555. The van der Waals surface area contributed by atoms with Gasteiger partial charge in [0.05, 0.1) is 0 Å². The Balaban J connectivity index is 1.83. The van der Waals surface area contributed by atoms with E-state index in [4.69, 9.17) is 0 Å². The summed E-state index contributed by atoms with van der Waals surface area (Å²) >= 11 is 0. The van der Waals surface area contributed by atoms with Crippen molar-refractivity contribution in [3.05, 3.63) is 0 Å². The molecule has 88 valence electrons. The van der Waals surface area contributed by atoms with E-state index in [9.17, 15) is 0 Å². The van der Waals surface area contributed by atoms with Crippen molar-refractivity contribution in [3.8, 4) is 0 Å². The molecule has 1 aliphatic carbocycles. The molecule has 1 aliphatic heterocycles. The Morgan fingerprint density at radius 1 is 1.13 bits per heavy atom. The first-order valence-corrected chi connectivity index (χ1v) is 6.68. The molecule has 0 bridgehead atoms. The fourth-order valence-corrected chi connectivity index (χ4v) is 3.35. The number of piperidine rings is 1. The van der Waals surface area contributed by atoms with Gasteiger partial charge in [0.15, 0.2) is 0 Å². The normalized spacial score (nSPS) is 28.0. The summed E-state index contributed by atoms with van der Waals surface area (Å²) in [6.07, 6.45) is 5.95. The van der Waals surface area contributed by atoms with Gasteiger partial charge in [0.2, 0.25) is 0 Å². The van der Waals surface area contributed by atoms with Gasteiger partial charge in [-0.3, -0.25) is 0 Å². The molecule has 1 saturated heterocycles. The summed E-state index contributed by atoms with van der Waals surface area (Å²) in [5, 5.41) is 0. The minimum atomic E-state index is 0.549. The SMILES string of the molecule is CCN1CCC2(CC1)CC(C(C)(C)C)C2. The molecular formula is C14H27N. The van der Waals surface area contributed by atoms with Crippen LogP contribution in [0.15, 0.2) is 0 Å². The number of hydrogen-bond acceptors (Lipinski definition) is 1. The van der Waals surface area contributed by atoms with Crippen LogP contribution in [0.5, 0.6) is 0 Å². The van der Waals surface area contributed by atoms with Crippen LogP contribution < -0.4 is 0 Å². The summed E-state index contributed by atoms with van der Waals surface area (Å²) < 4.78 is 0. The average Bonchev–Trinajstić information content (AvgIpc) is 2.13. The lowest BCUT2D eigenvalue weighted by Crippen LogP contribution is -2.49. The Morgan fingerprint density at radius 2 is 1.67 bits per heavy atom. The van der Waals surface area contributed by atoms with E-state index >= 15 is 0 Å². The maximum atomic E-state index is 2.61. The van der Waals surface area contributed by atoms with Crippen molar-refractivity contribution in [1.29, 1.82) is 0 Å². The van der Waals surface area contributed by atoms with E-state index < -0.39 is 0 Å². The fourth-order valence-electron chi connectivity index (χ4n) is 3.35. The first kappa shape index (κ1) is 11.4. The lowest BCUT2D eigenvalue weighted by Gasteiger charge is -2.56. The van der Waals surface area contributed by atoms with Crippen molar-refractivity contribution in [2.75, 3.05) is 19.6 Å². The molecule has 0 N–H and O–H groups in total. The minimum absolute atomic E-state index is 0.549. The van der Waals surface area contributed by atoms with Gasteiger partial charge in [0.25, 0.3) is 0 Å². The first-order chi connectivity index (χ1) is 6.95. The van der Waals surface area contributed by atoms with Crippen LogP contribution in [0.2, 0.25) is 0 Å². The molecule has 0 atom stereocenters. The van der Waals surface area contributed by atoms with Crippen LogP contribution in [0, 0.1) is 16.7 Å². The Bertz CT molecular complexity index is 210.